The molecular formula is C20H21F3N4O3. The van der Waals surface area contributed by atoms with Gasteiger partial charge in [0.2, 0.25) is 5.82 Å². The summed E-state index contributed by atoms with van der Waals surface area (Å²) in [4.78, 5) is 28.3. The number of ether oxygens (including phenoxy) is 1. The lowest BCUT2D eigenvalue weighted by Crippen LogP contribution is -2.52. The maximum absolute atomic E-state index is 13.3. The zero-order chi connectivity index (χ0) is 21.9. The third-order valence-corrected chi connectivity index (χ3v) is 5.16. The van der Waals surface area contributed by atoms with E-state index in [0.717, 1.165) is 23.8 Å². The van der Waals surface area contributed by atoms with Gasteiger partial charge in [-0.25, -0.2) is 4.98 Å². The second kappa shape index (κ2) is 8.34. The highest BCUT2D eigenvalue weighted by Crippen LogP contribution is 2.31. The van der Waals surface area contributed by atoms with Crippen LogP contribution in [0.4, 0.5) is 13.2 Å². The summed E-state index contributed by atoms with van der Waals surface area (Å²) in [5.74, 6) is -2.89. The Hall–Kier alpha value is -3.09. The van der Waals surface area contributed by atoms with Crippen LogP contribution in [-0.2, 0) is 27.0 Å². The summed E-state index contributed by atoms with van der Waals surface area (Å²) in [7, 11) is 0. The van der Waals surface area contributed by atoms with E-state index in [1.54, 1.807) is 6.07 Å². The summed E-state index contributed by atoms with van der Waals surface area (Å²) in [6, 6.07) is 8.03. The number of imidazole rings is 1. The molecule has 0 bridgehead atoms. The third kappa shape index (κ3) is 4.56. The van der Waals surface area contributed by atoms with Gasteiger partial charge in [-0.1, -0.05) is 31.4 Å². The van der Waals surface area contributed by atoms with Gasteiger partial charge in [-0.05, 0) is 31.9 Å². The van der Waals surface area contributed by atoms with Gasteiger partial charge in [0.1, 0.15) is 12.1 Å². The van der Waals surface area contributed by atoms with E-state index in [4.69, 9.17) is 4.74 Å². The van der Waals surface area contributed by atoms with Crippen molar-refractivity contribution in [2.24, 2.45) is 0 Å². The van der Waals surface area contributed by atoms with Crippen LogP contribution in [0.2, 0.25) is 0 Å². The second-order valence-electron chi connectivity index (χ2n) is 7.38. The average molecular weight is 422 g/mol. The summed E-state index contributed by atoms with van der Waals surface area (Å²) in [6.07, 6.45) is -2.43. The van der Waals surface area contributed by atoms with E-state index in [-0.39, 0.29) is 11.0 Å². The zero-order valence-corrected chi connectivity index (χ0v) is 16.3. The van der Waals surface area contributed by atoms with Crippen LogP contribution in [0, 0.1) is 11.3 Å². The van der Waals surface area contributed by atoms with Crippen molar-refractivity contribution >= 4 is 22.9 Å². The Morgan fingerprint density at radius 2 is 1.97 bits per heavy atom. The van der Waals surface area contributed by atoms with Gasteiger partial charge in [-0.15, -0.1) is 0 Å². The number of para-hydroxylation sites is 2. The molecule has 2 aromatic rings. The molecule has 160 valence electrons. The van der Waals surface area contributed by atoms with Crippen LogP contribution in [0.3, 0.4) is 0 Å². The van der Waals surface area contributed by atoms with Crippen molar-refractivity contribution in [3.05, 3.63) is 30.1 Å². The topological polar surface area (TPSA) is 97.0 Å². The predicted molar refractivity (Wildman–Crippen MR) is 99.9 cm³/mol. The number of carbonyl (C=O) groups excluding carboxylic acids is 2. The number of nitriles is 1. The van der Waals surface area contributed by atoms with Crippen molar-refractivity contribution in [1.82, 2.24) is 14.9 Å². The van der Waals surface area contributed by atoms with Gasteiger partial charge < -0.3 is 14.6 Å². The van der Waals surface area contributed by atoms with Crippen LogP contribution in [0.1, 0.15) is 44.9 Å². The van der Waals surface area contributed by atoms with E-state index in [9.17, 15) is 28.0 Å². The first-order valence-electron chi connectivity index (χ1n) is 9.60. The smallest absolute Gasteiger partial charge is 0.449 e. The number of esters is 1. The van der Waals surface area contributed by atoms with Gasteiger partial charge in [0.25, 0.3) is 5.91 Å². The largest absolute Gasteiger partial charge is 0.451 e. The maximum Gasteiger partial charge on any atom is 0.449 e. The Balaban J connectivity index is 1.71. The first-order chi connectivity index (χ1) is 14.1. The number of nitrogens with zero attached hydrogens (tertiary/aromatic N) is 3. The lowest BCUT2D eigenvalue weighted by Gasteiger charge is -2.32. The highest BCUT2D eigenvalue weighted by atomic mass is 19.4. The predicted octanol–water partition coefficient (Wildman–Crippen LogP) is 3.33. The number of hydrogen-bond donors (Lipinski definition) is 1. The van der Waals surface area contributed by atoms with Gasteiger partial charge in [-0.2, -0.15) is 18.4 Å². The Kier molecular flexibility index (Phi) is 6.01. The number of alkyl halides is 3. The Morgan fingerprint density at radius 3 is 2.60 bits per heavy atom. The molecule has 1 saturated carbocycles. The van der Waals surface area contributed by atoms with Gasteiger partial charge >= 0.3 is 12.1 Å². The molecule has 30 heavy (non-hydrogen) atoms. The second-order valence-corrected chi connectivity index (χ2v) is 7.38. The van der Waals surface area contributed by atoms with Crippen LogP contribution >= 0.6 is 0 Å². The number of nitrogens with one attached hydrogen (secondary N) is 1. The molecule has 10 heteroatoms. The number of halogens is 3. The maximum atomic E-state index is 13.3. The minimum Gasteiger partial charge on any atom is -0.451 e. The SMILES string of the molecule is CC(OC(=O)Cn1c(C(F)(F)F)nc2ccccc21)C(=O)NC1(C#N)CCCCC1. The molecule has 0 spiro atoms. The molecule has 3 rings (SSSR count). The monoisotopic (exact) mass is 422 g/mol. The van der Waals surface area contributed by atoms with Crippen LogP contribution in [0.5, 0.6) is 0 Å². The zero-order valence-electron chi connectivity index (χ0n) is 16.3. The van der Waals surface area contributed by atoms with Gasteiger partial charge in [0.15, 0.2) is 6.10 Å². The number of aromatic nitrogens is 2. The van der Waals surface area contributed by atoms with Crippen LogP contribution < -0.4 is 5.32 Å². The summed E-state index contributed by atoms with van der Waals surface area (Å²) in [5, 5.41) is 12.1. The summed E-state index contributed by atoms with van der Waals surface area (Å²) < 4.78 is 45.8. The number of rotatable bonds is 5. The molecule has 0 saturated heterocycles. The van der Waals surface area contributed by atoms with E-state index in [1.807, 2.05) is 0 Å². The minimum absolute atomic E-state index is 0.0941. The standard InChI is InChI=1S/C20H21F3N4O3/c1-13(17(29)26-19(12-24)9-5-2-6-10-19)30-16(28)11-27-15-8-4-3-7-14(15)25-18(27)20(21,22)23/h3-4,7-8,13H,2,5-6,9-11H2,1H3,(H,26,29). The molecule has 1 aliphatic rings. The Labute approximate surface area is 170 Å². The number of benzene rings is 1. The summed E-state index contributed by atoms with van der Waals surface area (Å²) in [5.41, 5.74) is -0.777. The van der Waals surface area contributed by atoms with Crippen molar-refractivity contribution in [2.75, 3.05) is 0 Å². The molecule has 0 aliphatic heterocycles. The highest BCUT2D eigenvalue weighted by Gasteiger charge is 2.39. The number of hydrogen-bond acceptors (Lipinski definition) is 5. The van der Waals surface area contributed by atoms with Crippen molar-refractivity contribution < 1.29 is 27.5 Å². The minimum atomic E-state index is -4.76. The molecule has 1 amide bonds. The van der Waals surface area contributed by atoms with Gasteiger partial charge in [0.05, 0.1) is 17.1 Å². The molecular weight excluding hydrogens is 401 g/mol. The van der Waals surface area contributed by atoms with Crippen LogP contribution in [-0.4, -0.2) is 33.1 Å². The third-order valence-electron chi connectivity index (χ3n) is 5.16. The molecule has 1 atom stereocenters. The Bertz CT molecular complexity index is 987. The number of carbonyl (C=O) groups is 2. The first kappa shape index (κ1) is 21.6. The van der Waals surface area contributed by atoms with Crippen LogP contribution in [0.25, 0.3) is 11.0 Å². The number of fused-ring (bicyclic) bond motifs is 1. The van der Waals surface area contributed by atoms with Crippen molar-refractivity contribution in [1.29, 1.82) is 5.26 Å². The van der Waals surface area contributed by atoms with E-state index < -0.39 is 42.1 Å². The molecule has 7 nitrogen and oxygen atoms in total. The van der Waals surface area contributed by atoms with E-state index in [2.05, 4.69) is 16.4 Å². The van der Waals surface area contributed by atoms with E-state index in [1.165, 1.54) is 25.1 Å². The van der Waals surface area contributed by atoms with Gasteiger partial charge in [-0.3, -0.25) is 9.59 Å². The van der Waals surface area contributed by atoms with Crippen molar-refractivity contribution in [2.45, 2.75) is 63.4 Å². The first-order valence-corrected chi connectivity index (χ1v) is 9.60. The summed E-state index contributed by atoms with van der Waals surface area (Å²) in [6.45, 7) is 0.564. The van der Waals surface area contributed by atoms with E-state index >= 15 is 0 Å². The molecule has 1 aromatic carbocycles. The normalized spacial score (nSPS) is 17.2. The molecule has 1 heterocycles. The average Bonchev–Trinajstić information content (AvgIpc) is 3.07. The Morgan fingerprint density at radius 1 is 1.30 bits per heavy atom. The van der Waals surface area contributed by atoms with Crippen molar-refractivity contribution in [3.8, 4) is 6.07 Å². The lowest BCUT2D eigenvalue weighted by atomic mass is 9.83. The molecule has 1 aliphatic carbocycles. The van der Waals surface area contributed by atoms with Gasteiger partial charge in [0, 0.05) is 0 Å². The molecule has 1 unspecified atom stereocenters. The fourth-order valence-electron chi connectivity index (χ4n) is 3.63. The molecule has 1 aromatic heterocycles. The molecule has 1 fully saturated rings. The fourth-order valence-corrected chi connectivity index (χ4v) is 3.63. The molecule has 0 radical (unpaired) electrons. The molecule has 1 N–H and O–H groups in total. The lowest BCUT2D eigenvalue weighted by molar-refractivity contribution is -0.158. The number of amides is 1. The van der Waals surface area contributed by atoms with E-state index in [0.29, 0.717) is 12.8 Å². The van der Waals surface area contributed by atoms with Crippen molar-refractivity contribution in [3.63, 3.8) is 0 Å². The fraction of sp³-hybridized carbons (Fsp3) is 0.500. The summed E-state index contributed by atoms with van der Waals surface area (Å²) >= 11 is 0. The quantitative estimate of drug-likeness (QED) is 0.746. The van der Waals surface area contributed by atoms with Crippen LogP contribution in [0.15, 0.2) is 24.3 Å². The highest BCUT2D eigenvalue weighted by molar-refractivity contribution is 5.85.